The third kappa shape index (κ3) is 4.21. The summed E-state index contributed by atoms with van der Waals surface area (Å²) in [6, 6.07) is 7.58. The Morgan fingerprint density at radius 1 is 1.53 bits per heavy atom. The van der Waals surface area contributed by atoms with Crippen LogP contribution in [0.5, 0.6) is 0 Å². The second kappa shape index (κ2) is 5.61. The van der Waals surface area contributed by atoms with Crippen molar-refractivity contribution in [3.05, 3.63) is 42.5 Å². The standard InChI is InChI=1S/C12H15NOS/c1-3-9(2)13-12(14)8-10-4-6-11(15)7-5-10/h3-7,9,15H,1,8H2,2H3,(H,13,14). The Morgan fingerprint density at radius 3 is 2.67 bits per heavy atom. The SMILES string of the molecule is C=CC(C)NC(=O)Cc1ccc(S)cc1. The van der Waals surface area contributed by atoms with Crippen LogP contribution in [0.15, 0.2) is 41.8 Å². The highest BCUT2D eigenvalue weighted by Crippen LogP contribution is 2.08. The molecule has 0 radical (unpaired) electrons. The normalized spacial score (nSPS) is 11.9. The van der Waals surface area contributed by atoms with Crippen molar-refractivity contribution in [1.82, 2.24) is 5.32 Å². The maximum atomic E-state index is 11.5. The molecule has 3 heteroatoms. The highest BCUT2D eigenvalue weighted by molar-refractivity contribution is 7.80. The van der Waals surface area contributed by atoms with Crippen molar-refractivity contribution >= 4 is 18.5 Å². The van der Waals surface area contributed by atoms with E-state index < -0.39 is 0 Å². The van der Waals surface area contributed by atoms with Crippen LogP contribution in [-0.2, 0) is 11.2 Å². The average molecular weight is 221 g/mol. The number of thiol groups is 1. The molecule has 1 aromatic carbocycles. The van der Waals surface area contributed by atoms with Crippen LogP contribution in [0.4, 0.5) is 0 Å². The predicted octanol–water partition coefficient (Wildman–Crippen LogP) is 2.21. The zero-order valence-corrected chi connectivity index (χ0v) is 9.63. The van der Waals surface area contributed by atoms with E-state index in [-0.39, 0.29) is 11.9 Å². The summed E-state index contributed by atoms with van der Waals surface area (Å²) in [4.78, 5) is 12.4. The number of benzene rings is 1. The predicted molar refractivity (Wildman–Crippen MR) is 65.2 cm³/mol. The van der Waals surface area contributed by atoms with Crippen LogP contribution in [0.2, 0.25) is 0 Å². The van der Waals surface area contributed by atoms with Crippen LogP contribution in [0, 0.1) is 0 Å². The van der Waals surface area contributed by atoms with Crippen molar-refractivity contribution < 1.29 is 4.79 Å². The van der Waals surface area contributed by atoms with Gasteiger partial charge in [0.1, 0.15) is 0 Å². The average Bonchev–Trinajstić information content (AvgIpc) is 2.21. The van der Waals surface area contributed by atoms with Gasteiger partial charge in [0.25, 0.3) is 0 Å². The zero-order chi connectivity index (χ0) is 11.3. The fourth-order valence-corrected chi connectivity index (χ4v) is 1.31. The van der Waals surface area contributed by atoms with Gasteiger partial charge in [-0.3, -0.25) is 4.79 Å². The quantitative estimate of drug-likeness (QED) is 0.592. The van der Waals surface area contributed by atoms with E-state index in [1.165, 1.54) is 0 Å². The van der Waals surface area contributed by atoms with Crippen molar-refractivity contribution in [2.45, 2.75) is 24.3 Å². The van der Waals surface area contributed by atoms with Gasteiger partial charge in [-0.25, -0.2) is 0 Å². The molecule has 15 heavy (non-hydrogen) atoms. The highest BCUT2D eigenvalue weighted by atomic mass is 32.1. The summed E-state index contributed by atoms with van der Waals surface area (Å²) in [5.41, 5.74) is 0.988. The number of rotatable bonds is 4. The molecule has 0 bridgehead atoms. The van der Waals surface area contributed by atoms with Crippen LogP contribution >= 0.6 is 12.6 Å². The molecule has 1 amide bonds. The van der Waals surface area contributed by atoms with E-state index in [1.54, 1.807) is 6.08 Å². The molecule has 2 nitrogen and oxygen atoms in total. The van der Waals surface area contributed by atoms with Crippen LogP contribution in [0.3, 0.4) is 0 Å². The summed E-state index contributed by atoms with van der Waals surface area (Å²) in [5.74, 6) is 0.00862. The molecule has 0 aliphatic carbocycles. The first-order valence-electron chi connectivity index (χ1n) is 4.81. The van der Waals surface area contributed by atoms with Gasteiger partial charge >= 0.3 is 0 Å². The molecular weight excluding hydrogens is 206 g/mol. The molecule has 0 aromatic heterocycles. The van der Waals surface area contributed by atoms with E-state index in [9.17, 15) is 4.79 Å². The maximum absolute atomic E-state index is 11.5. The largest absolute Gasteiger partial charge is 0.350 e. The van der Waals surface area contributed by atoms with E-state index in [0.717, 1.165) is 10.5 Å². The number of nitrogens with one attached hydrogen (secondary N) is 1. The lowest BCUT2D eigenvalue weighted by Crippen LogP contribution is -2.32. The molecule has 1 unspecified atom stereocenters. The van der Waals surface area contributed by atoms with Gasteiger partial charge in [0.15, 0.2) is 0 Å². The first-order chi connectivity index (χ1) is 7.11. The molecule has 0 aliphatic rings. The minimum Gasteiger partial charge on any atom is -0.350 e. The summed E-state index contributed by atoms with van der Waals surface area (Å²) >= 11 is 4.18. The molecule has 0 fully saturated rings. The summed E-state index contributed by atoms with van der Waals surface area (Å²) in [6.07, 6.45) is 2.10. The van der Waals surface area contributed by atoms with Gasteiger partial charge in [0.2, 0.25) is 5.91 Å². The molecule has 1 atom stereocenters. The van der Waals surface area contributed by atoms with Gasteiger partial charge in [0, 0.05) is 10.9 Å². The lowest BCUT2D eigenvalue weighted by atomic mass is 10.1. The molecule has 0 spiro atoms. The lowest BCUT2D eigenvalue weighted by Gasteiger charge is -2.08. The van der Waals surface area contributed by atoms with E-state index in [2.05, 4.69) is 24.5 Å². The van der Waals surface area contributed by atoms with Gasteiger partial charge in [-0.1, -0.05) is 18.2 Å². The Morgan fingerprint density at radius 2 is 2.13 bits per heavy atom. The molecular formula is C12H15NOS. The second-order valence-electron chi connectivity index (χ2n) is 3.44. The molecule has 1 N–H and O–H groups in total. The monoisotopic (exact) mass is 221 g/mol. The van der Waals surface area contributed by atoms with Crippen LogP contribution in [0.1, 0.15) is 12.5 Å². The third-order valence-corrected chi connectivity index (χ3v) is 2.34. The second-order valence-corrected chi connectivity index (χ2v) is 3.95. The molecule has 0 heterocycles. The summed E-state index contributed by atoms with van der Waals surface area (Å²) in [7, 11) is 0. The first kappa shape index (κ1) is 11.9. The number of hydrogen-bond acceptors (Lipinski definition) is 2. The minimum atomic E-state index is 0.00862. The number of amides is 1. The molecule has 80 valence electrons. The molecule has 0 aliphatic heterocycles. The Hall–Kier alpha value is -1.22. The minimum absolute atomic E-state index is 0.00862. The van der Waals surface area contributed by atoms with Crippen molar-refractivity contribution in [2.75, 3.05) is 0 Å². The fraction of sp³-hybridized carbons (Fsp3) is 0.250. The molecule has 1 rings (SSSR count). The van der Waals surface area contributed by atoms with E-state index in [1.807, 2.05) is 31.2 Å². The lowest BCUT2D eigenvalue weighted by molar-refractivity contribution is -0.120. The number of carbonyl (C=O) groups excluding carboxylic acids is 1. The Balaban J connectivity index is 2.51. The number of carbonyl (C=O) groups is 1. The molecule has 0 saturated carbocycles. The smallest absolute Gasteiger partial charge is 0.224 e. The summed E-state index contributed by atoms with van der Waals surface area (Å²) in [6.45, 7) is 5.50. The summed E-state index contributed by atoms with van der Waals surface area (Å²) in [5, 5.41) is 2.82. The Bertz CT molecular complexity index is 345. The van der Waals surface area contributed by atoms with E-state index in [0.29, 0.717) is 6.42 Å². The van der Waals surface area contributed by atoms with Crippen molar-refractivity contribution in [3.63, 3.8) is 0 Å². The van der Waals surface area contributed by atoms with E-state index >= 15 is 0 Å². The van der Waals surface area contributed by atoms with Crippen molar-refractivity contribution in [3.8, 4) is 0 Å². The third-order valence-electron chi connectivity index (χ3n) is 2.04. The van der Waals surface area contributed by atoms with Gasteiger partial charge in [0.05, 0.1) is 6.42 Å². The van der Waals surface area contributed by atoms with Gasteiger partial charge in [-0.15, -0.1) is 19.2 Å². The maximum Gasteiger partial charge on any atom is 0.224 e. The van der Waals surface area contributed by atoms with Gasteiger partial charge in [-0.2, -0.15) is 0 Å². The zero-order valence-electron chi connectivity index (χ0n) is 8.73. The first-order valence-corrected chi connectivity index (χ1v) is 5.26. The van der Waals surface area contributed by atoms with Crippen molar-refractivity contribution in [2.24, 2.45) is 0 Å². The molecule has 1 aromatic rings. The van der Waals surface area contributed by atoms with Crippen LogP contribution in [-0.4, -0.2) is 11.9 Å². The Labute approximate surface area is 95.8 Å². The van der Waals surface area contributed by atoms with Gasteiger partial charge in [-0.05, 0) is 24.6 Å². The van der Waals surface area contributed by atoms with Crippen molar-refractivity contribution in [1.29, 1.82) is 0 Å². The Kier molecular flexibility index (Phi) is 4.43. The van der Waals surface area contributed by atoms with Crippen LogP contribution < -0.4 is 5.32 Å². The summed E-state index contributed by atoms with van der Waals surface area (Å²) < 4.78 is 0. The topological polar surface area (TPSA) is 29.1 Å². The fourth-order valence-electron chi connectivity index (χ4n) is 1.16. The van der Waals surface area contributed by atoms with Crippen LogP contribution in [0.25, 0.3) is 0 Å². The van der Waals surface area contributed by atoms with Gasteiger partial charge < -0.3 is 5.32 Å². The molecule has 0 saturated heterocycles. The highest BCUT2D eigenvalue weighted by Gasteiger charge is 2.04. The number of hydrogen-bond donors (Lipinski definition) is 2. The van der Waals surface area contributed by atoms with E-state index in [4.69, 9.17) is 0 Å².